The number of aromatic nitrogens is 2. The van der Waals surface area contributed by atoms with Crippen molar-refractivity contribution < 1.29 is 0 Å². The molecule has 0 aliphatic carbocycles. The van der Waals surface area contributed by atoms with Crippen LogP contribution in [-0.2, 0) is 19.4 Å². The second-order valence-corrected chi connectivity index (χ2v) is 3.45. The molecule has 0 amide bonds. The van der Waals surface area contributed by atoms with E-state index in [9.17, 15) is 0 Å². The van der Waals surface area contributed by atoms with E-state index in [2.05, 4.69) is 22.8 Å². The Hall–Kier alpha value is -0.790. The van der Waals surface area contributed by atoms with E-state index in [4.69, 9.17) is 0 Å². The van der Waals surface area contributed by atoms with Gasteiger partial charge in [0.15, 0.2) is 0 Å². The molecule has 0 fully saturated rings. The molecule has 0 unspecified atom stereocenters. The van der Waals surface area contributed by atoms with Crippen molar-refractivity contribution in [3.63, 3.8) is 0 Å². The fraction of sp³-hybridized carbons (Fsp3) is 0.700. The van der Waals surface area contributed by atoms with E-state index < -0.39 is 0 Å². The molecule has 1 aliphatic heterocycles. The van der Waals surface area contributed by atoms with Crippen LogP contribution in [0, 0.1) is 6.07 Å². The fourth-order valence-electron chi connectivity index (χ4n) is 1.74. The highest BCUT2D eigenvalue weighted by Crippen LogP contribution is 2.14. The third-order valence-electron chi connectivity index (χ3n) is 2.36. The van der Waals surface area contributed by atoms with Gasteiger partial charge in [0.05, 0.1) is 5.69 Å². The molecule has 0 N–H and O–H groups in total. The Morgan fingerprint density at radius 1 is 1.50 bits per heavy atom. The van der Waals surface area contributed by atoms with Gasteiger partial charge in [-0.25, -0.2) is 0 Å². The van der Waals surface area contributed by atoms with E-state index in [-0.39, 0.29) is 0 Å². The van der Waals surface area contributed by atoms with Crippen LogP contribution in [0.2, 0.25) is 0 Å². The van der Waals surface area contributed by atoms with E-state index in [0.717, 1.165) is 18.7 Å². The van der Waals surface area contributed by atoms with Gasteiger partial charge in [-0.3, -0.25) is 4.68 Å². The first-order valence-corrected chi connectivity index (χ1v) is 4.88. The van der Waals surface area contributed by atoms with Crippen LogP contribution < -0.4 is 0 Å². The molecule has 0 bridgehead atoms. The van der Waals surface area contributed by atoms with Crippen molar-refractivity contribution in [2.24, 2.45) is 0 Å². The predicted octanol–water partition coefficient (Wildman–Crippen LogP) is 1.97. The molecule has 0 saturated heterocycles. The number of fused-ring (bicyclic) bond motifs is 1. The first kappa shape index (κ1) is 7.84. The smallest absolute Gasteiger partial charge is 0.0707 e. The maximum atomic E-state index is 4.50. The van der Waals surface area contributed by atoms with Gasteiger partial charge in [-0.05, 0) is 25.7 Å². The zero-order valence-electron chi connectivity index (χ0n) is 7.64. The fourth-order valence-corrected chi connectivity index (χ4v) is 1.74. The largest absolute Gasteiger partial charge is 0.269 e. The minimum atomic E-state index is 1.08. The lowest BCUT2D eigenvalue weighted by Gasteiger charge is -2.11. The van der Waals surface area contributed by atoms with Gasteiger partial charge in [0.25, 0.3) is 0 Å². The average Bonchev–Trinajstić information content (AvgIpc) is 2.47. The Bertz CT molecular complexity index is 239. The Balaban J connectivity index is 2.20. The minimum absolute atomic E-state index is 1.08. The van der Waals surface area contributed by atoms with Crippen molar-refractivity contribution in [2.75, 3.05) is 0 Å². The maximum absolute atomic E-state index is 4.50. The summed E-state index contributed by atoms with van der Waals surface area (Å²) in [7, 11) is 0. The summed E-state index contributed by atoms with van der Waals surface area (Å²) in [5, 5.41) is 4.50. The quantitative estimate of drug-likeness (QED) is 0.651. The predicted molar refractivity (Wildman–Crippen MR) is 48.0 cm³/mol. The summed E-state index contributed by atoms with van der Waals surface area (Å²) in [5.74, 6) is 0. The lowest BCUT2D eigenvalue weighted by molar-refractivity contribution is 0.483. The van der Waals surface area contributed by atoms with Gasteiger partial charge in [-0.15, -0.1) is 0 Å². The van der Waals surface area contributed by atoms with Crippen molar-refractivity contribution in [2.45, 2.75) is 45.6 Å². The van der Waals surface area contributed by atoms with Crippen LogP contribution in [0.1, 0.15) is 37.6 Å². The standard InChI is InChI=1S/C10H15N2/c1-2-5-9-8-10-6-3-4-7-12(10)11-9/h2-7H2,1H3. The summed E-state index contributed by atoms with van der Waals surface area (Å²) in [5.41, 5.74) is 2.49. The molecule has 2 heteroatoms. The molecule has 1 radical (unpaired) electrons. The second kappa shape index (κ2) is 3.30. The van der Waals surface area contributed by atoms with Crippen molar-refractivity contribution in [1.82, 2.24) is 9.78 Å². The van der Waals surface area contributed by atoms with Crippen LogP contribution in [0.15, 0.2) is 0 Å². The van der Waals surface area contributed by atoms with Gasteiger partial charge in [0, 0.05) is 18.3 Å². The highest BCUT2D eigenvalue weighted by molar-refractivity contribution is 5.09. The minimum Gasteiger partial charge on any atom is -0.269 e. The molecule has 0 saturated carbocycles. The van der Waals surface area contributed by atoms with Gasteiger partial charge in [-0.2, -0.15) is 5.10 Å². The zero-order chi connectivity index (χ0) is 8.39. The Labute approximate surface area is 73.6 Å². The number of rotatable bonds is 2. The van der Waals surface area contributed by atoms with Gasteiger partial charge < -0.3 is 0 Å². The Kier molecular flexibility index (Phi) is 2.15. The molecule has 2 nitrogen and oxygen atoms in total. The van der Waals surface area contributed by atoms with Crippen molar-refractivity contribution >= 4 is 0 Å². The topological polar surface area (TPSA) is 17.8 Å². The lowest BCUT2D eigenvalue weighted by Crippen LogP contribution is -2.10. The monoisotopic (exact) mass is 163 g/mol. The van der Waals surface area contributed by atoms with Crippen LogP contribution in [0.5, 0.6) is 0 Å². The summed E-state index contributed by atoms with van der Waals surface area (Å²) in [6, 6.07) is 3.39. The zero-order valence-corrected chi connectivity index (χ0v) is 7.64. The normalized spacial score (nSPS) is 16.1. The molecule has 0 aromatic carbocycles. The Morgan fingerprint density at radius 2 is 2.42 bits per heavy atom. The first-order chi connectivity index (χ1) is 5.90. The lowest BCUT2D eigenvalue weighted by atomic mass is 10.1. The SMILES string of the molecule is CCCc1[c]c2n(n1)CCCC2. The van der Waals surface area contributed by atoms with Gasteiger partial charge in [-0.1, -0.05) is 13.3 Å². The summed E-state index contributed by atoms with van der Waals surface area (Å²) >= 11 is 0. The summed E-state index contributed by atoms with van der Waals surface area (Å²) in [4.78, 5) is 0. The van der Waals surface area contributed by atoms with E-state index >= 15 is 0 Å². The number of hydrogen-bond donors (Lipinski definition) is 0. The third-order valence-corrected chi connectivity index (χ3v) is 2.36. The molecule has 0 spiro atoms. The third kappa shape index (κ3) is 1.38. The maximum Gasteiger partial charge on any atom is 0.0707 e. The van der Waals surface area contributed by atoms with Gasteiger partial charge in [0.2, 0.25) is 0 Å². The molecule has 65 valence electrons. The van der Waals surface area contributed by atoms with Crippen LogP contribution in [0.3, 0.4) is 0 Å². The highest BCUT2D eigenvalue weighted by Gasteiger charge is 2.11. The van der Waals surface area contributed by atoms with Crippen LogP contribution in [-0.4, -0.2) is 9.78 Å². The molecule has 1 aromatic heterocycles. The Morgan fingerprint density at radius 3 is 3.17 bits per heavy atom. The molecule has 2 rings (SSSR count). The summed E-state index contributed by atoms with van der Waals surface area (Å²) in [6.45, 7) is 3.29. The number of aryl methyl sites for hydroxylation is 3. The van der Waals surface area contributed by atoms with Crippen LogP contribution in [0.4, 0.5) is 0 Å². The number of nitrogens with zero attached hydrogens (tertiary/aromatic N) is 2. The average molecular weight is 163 g/mol. The molecular formula is C10H15N2. The molecular weight excluding hydrogens is 148 g/mol. The van der Waals surface area contributed by atoms with E-state index in [1.165, 1.54) is 31.4 Å². The molecule has 1 aromatic rings. The van der Waals surface area contributed by atoms with Crippen molar-refractivity contribution in [3.05, 3.63) is 17.5 Å². The summed E-state index contributed by atoms with van der Waals surface area (Å²) in [6.07, 6.45) is 6.03. The highest BCUT2D eigenvalue weighted by atomic mass is 15.3. The van der Waals surface area contributed by atoms with E-state index in [1.54, 1.807) is 0 Å². The van der Waals surface area contributed by atoms with Crippen molar-refractivity contribution in [1.29, 1.82) is 0 Å². The molecule has 12 heavy (non-hydrogen) atoms. The molecule has 1 aliphatic rings. The van der Waals surface area contributed by atoms with Crippen LogP contribution in [0.25, 0.3) is 0 Å². The van der Waals surface area contributed by atoms with Gasteiger partial charge in [0.1, 0.15) is 0 Å². The molecule has 0 atom stereocenters. The van der Waals surface area contributed by atoms with Crippen LogP contribution >= 0.6 is 0 Å². The first-order valence-electron chi connectivity index (χ1n) is 4.88. The van der Waals surface area contributed by atoms with E-state index in [1.807, 2.05) is 0 Å². The number of hydrogen-bond acceptors (Lipinski definition) is 1. The summed E-state index contributed by atoms with van der Waals surface area (Å²) < 4.78 is 2.13. The van der Waals surface area contributed by atoms with Crippen molar-refractivity contribution in [3.8, 4) is 0 Å². The van der Waals surface area contributed by atoms with E-state index in [0.29, 0.717) is 0 Å². The van der Waals surface area contributed by atoms with Gasteiger partial charge >= 0.3 is 0 Å². The molecule has 2 heterocycles. The second-order valence-electron chi connectivity index (χ2n) is 3.45.